The van der Waals surface area contributed by atoms with Crippen molar-refractivity contribution < 1.29 is 14.6 Å². The molecule has 1 amide bonds. The first kappa shape index (κ1) is 14.4. The molecule has 1 fully saturated rings. The molecule has 1 saturated heterocycles. The maximum atomic E-state index is 12.3. The molecule has 5 N–H and O–H groups in total. The lowest BCUT2D eigenvalue weighted by Crippen LogP contribution is -2.27. The number of ether oxygens (including phenoxy) is 1. The van der Waals surface area contributed by atoms with Gasteiger partial charge in [0, 0.05) is 6.20 Å². The summed E-state index contributed by atoms with van der Waals surface area (Å²) in [6.45, 7) is -0.103. The maximum Gasteiger partial charge on any atom is 0.254 e. The predicted molar refractivity (Wildman–Crippen MR) is 77.0 cm³/mol. The summed E-state index contributed by atoms with van der Waals surface area (Å²) in [5.41, 5.74) is 10.5. The normalized spacial score (nSPS) is 21.3. The van der Waals surface area contributed by atoms with Crippen LogP contribution in [0.4, 0.5) is 5.82 Å². The van der Waals surface area contributed by atoms with Gasteiger partial charge in [-0.3, -0.25) is 9.59 Å². The molecule has 0 saturated carbocycles. The van der Waals surface area contributed by atoms with E-state index < -0.39 is 17.6 Å². The van der Waals surface area contributed by atoms with Gasteiger partial charge in [0.25, 0.3) is 5.91 Å². The summed E-state index contributed by atoms with van der Waals surface area (Å²) in [5, 5.41) is 9.21. The average molecular weight is 305 g/mol. The molecule has 0 aliphatic carbocycles. The van der Waals surface area contributed by atoms with Gasteiger partial charge >= 0.3 is 0 Å². The van der Waals surface area contributed by atoms with E-state index in [2.05, 4.69) is 9.97 Å². The van der Waals surface area contributed by atoms with Crippen LogP contribution in [0.15, 0.2) is 17.3 Å². The van der Waals surface area contributed by atoms with E-state index >= 15 is 0 Å². The van der Waals surface area contributed by atoms with E-state index in [4.69, 9.17) is 16.2 Å². The van der Waals surface area contributed by atoms with Crippen molar-refractivity contribution in [3.63, 3.8) is 0 Å². The molecule has 22 heavy (non-hydrogen) atoms. The lowest BCUT2D eigenvalue weighted by molar-refractivity contribution is -0.0208. The fourth-order valence-corrected chi connectivity index (χ4v) is 2.62. The monoisotopic (exact) mass is 305 g/mol. The number of hydrogen-bond donors (Lipinski definition) is 3. The van der Waals surface area contributed by atoms with Gasteiger partial charge in [-0.1, -0.05) is 0 Å². The smallest absolute Gasteiger partial charge is 0.254 e. The Hall–Kier alpha value is -2.52. The van der Waals surface area contributed by atoms with E-state index in [9.17, 15) is 14.7 Å². The number of hydrogen-bond acceptors (Lipinski definition) is 7. The molecule has 3 heterocycles. The van der Waals surface area contributed by atoms with Crippen molar-refractivity contribution >= 4 is 22.8 Å². The Morgan fingerprint density at radius 1 is 1.45 bits per heavy atom. The van der Waals surface area contributed by atoms with Crippen LogP contribution < -0.4 is 16.9 Å². The highest BCUT2D eigenvalue weighted by Crippen LogP contribution is 2.30. The van der Waals surface area contributed by atoms with Gasteiger partial charge in [0.05, 0.1) is 12.7 Å². The van der Waals surface area contributed by atoms with E-state index in [0.717, 1.165) is 0 Å². The van der Waals surface area contributed by atoms with Crippen molar-refractivity contribution in [3.05, 3.63) is 28.3 Å². The van der Waals surface area contributed by atoms with E-state index in [1.807, 2.05) is 0 Å². The highest BCUT2D eigenvalue weighted by Gasteiger charge is 2.28. The molecule has 0 radical (unpaired) electrons. The zero-order chi connectivity index (χ0) is 15.9. The van der Waals surface area contributed by atoms with Crippen LogP contribution >= 0.6 is 0 Å². The topological polar surface area (TPSA) is 146 Å². The average Bonchev–Trinajstić information content (AvgIpc) is 2.96. The third-order valence-corrected chi connectivity index (χ3v) is 3.71. The number of nitrogen functional groups attached to an aromatic ring is 1. The number of carbonyl (C=O) groups is 1. The van der Waals surface area contributed by atoms with E-state index in [1.165, 1.54) is 12.5 Å². The predicted octanol–water partition coefficient (Wildman–Crippen LogP) is -0.858. The summed E-state index contributed by atoms with van der Waals surface area (Å²) < 4.78 is 7.22. The Bertz CT molecular complexity index is 803. The van der Waals surface area contributed by atoms with Gasteiger partial charge in [0.15, 0.2) is 5.65 Å². The Labute approximate surface area is 124 Å². The molecule has 1 aliphatic heterocycles. The quantitative estimate of drug-likeness (QED) is 0.668. The van der Waals surface area contributed by atoms with Crippen LogP contribution in [-0.2, 0) is 4.74 Å². The molecule has 1 aliphatic rings. The number of nitrogens with zero attached hydrogens (tertiary/aromatic N) is 3. The van der Waals surface area contributed by atoms with Crippen LogP contribution in [-0.4, -0.2) is 38.3 Å². The molecule has 9 nitrogen and oxygen atoms in total. The molecule has 3 rings (SSSR count). The molecular formula is C13H15N5O4. The van der Waals surface area contributed by atoms with Crippen molar-refractivity contribution in [2.45, 2.75) is 25.2 Å². The second-order valence-corrected chi connectivity index (χ2v) is 5.07. The molecule has 0 aromatic carbocycles. The Morgan fingerprint density at radius 2 is 2.23 bits per heavy atom. The van der Waals surface area contributed by atoms with Gasteiger partial charge in [-0.15, -0.1) is 0 Å². The largest absolute Gasteiger partial charge is 0.394 e. The van der Waals surface area contributed by atoms with Crippen molar-refractivity contribution in [2.75, 3.05) is 12.3 Å². The summed E-state index contributed by atoms with van der Waals surface area (Å²) >= 11 is 0. The first-order valence-electron chi connectivity index (χ1n) is 6.74. The summed E-state index contributed by atoms with van der Waals surface area (Å²) in [7, 11) is 0. The second kappa shape index (κ2) is 5.35. The van der Waals surface area contributed by atoms with Crippen LogP contribution in [0.25, 0.3) is 11.0 Å². The number of fused-ring (bicyclic) bond motifs is 1. The van der Waals surface area contributed by atoms with Gasteiger partial charge in [0.2, 0.25) is 5.43 Å². The standard InChI is InChI=1S/C13H15N5O4/c14-11-9-10(20)7(12(15)21)3-18(13(9)17-5-16-11)8-2-1-6(4-19)22-8/h3,5-6,8,19H,1-2,4H2,(H2,15,21)(H2,14,16,17). The zero-order valence-electron chi connectivity index (χ0n) is 11.6. The lowest BCUT2D eigenvalue weighted by Gasteiger charge is -2.19. The van der Waals surface area contributed by atoms with E-state index in [-0.39, 0.29) is 35.1 Å². The Kier molecular flexibility index (Phi) is 3.51. The number of aliphatic hydroxyl groups is 1. The van der Waals surface area contributed by atoms with Crippen molar-refractivity contribution in [2.24, 2.45) is 5.73 Å². The van der Waals surface area contributed by atoms with Crippen LogP contribution in [0.2, 0.25) is 0 Å². The minimum Gasteiger partial charge on any atom is -0.394 e. The molecular weight excluding hydrogens is 290 g/mol. The van der Waals surface area contributed by atoms with E-state index in [0.29, 0.717) is 12.8 Å². The molecule has 2 aromatic rings. The van der Waals surface area contributed by atoms with Crippen LogP contribution in [0.1, 0.15) is 29.4 Å². The molecule has 9 heteroatoms. The third kappa shape index (κ3) is 2.20. The zero-order valence-corrected chi connectivity index (χ0v) is 11.6. The van der Waals surface area contributed by atoms with Gasteiger partial charge in [0.1, 0.15) is 29.3 Å². The van der Waals surface area contributed by atoms with Gasteiger partial charge in [-0.25, -0.2) is 9.97 Å². The summed E-state index contributed by atoms with van der Waals surface area (Å²) in [4.78, 5) is 31.7. The number of primary amides is 1. The van der Waals surface area contributed by atoms with Crippen molar-refractivity contribution in [3.8, 4) is 0 Å². The number of rotatable bonds is 3. The molecule has 116 valence electrons. The SMILES string of the molecule is NC(=O)c1cn(C2CCC(CO)O2)c2ncnc(N)c2c1=O. The highest BCUT2D eigenvalue weighted by molar-refractivity contribution is 5.97. The number of aliphatic hydroxyl groups excluding tert-OH is 1. The van der Waals surface area contributed by atoms with E-state index in [1.54, 1.807) is 4.57 Å². The molecule has 0 bridgehead atoms. The fourth-order valence-electron chi connectivity index (χ4n) is 2.62. The van der Waals surface area contributed by atoms with Crippen LogP contribution in [0, 0.1) is 0 Å². The van der Waals surface area contributed by atoms with Gasteiger partial charge in [-0.2, -0.15) is 0 Å². The second-order valence-electron chi connectivity index (χ2n) is 5.07. The number of anilines is 1. The molecule has 2 unspecified atom stereocenters. The van der Waals surface area contributed by atoms with Crippen molar-refractivity contribution in [1.82, 2.24) is 14.5 Å². The van der Waals surface area contributed by atoms with Crippen LogP contribution in [0.3, 0.4) is 0 Å². The highest BCUT2D eigenvalue weighted by atomic mass is 16.5. The van der Waals surface area contributed by atoms with Gasteiger partial charge < -0.3 is 25.9 Å². The first-order chi connectivity index (χ1) is 10.5. The molecule has 0 spiro atoms. The molecule has 2 atom stereocenters. The van der Waals surface area contributed by atoms with Crippen molar-refractivity contribution in [1.29, 1.82) is 0 Å². The fraction of sp³-hybridized carbons (Fsp3) is 0.385. The summed E-state index contributed by atoms with van der Waals surface area (Å²) in [6, 6.07) is 0. The number of aromatic nitrogens is 3. The van der Waals surface area contributed by atoms with Crippen LogP contribution in [0.5, 0.6) is 0 Å². The lowest BCUT2D eigenvalue weighted by atomic mass is 10.1. The number of carbonyl (C=O) groups excluding carboxylic acids is 1. The minimum absolute atomic E-state index is 0.0245. The number of nitrogens with two attached hydrogens (primary N) is 2. The number of amides is 1. The Morgan fingerprint density at radius 3 is 2.86 bits per heavy atom. The first-order valence-corrected chi connectivity index (χ1v) is 6.74. The third-order valence-electron chi connectivity index (χ3n) is 3.71. The summed E-state index contributed by atoms with van der Waals surface area (Å²) in [6.07, 6.45) is 3.05. The Balaban J connectivity index is 2.26. The van der Waals surface area contributed by atoms with Gasteiger partial charge in [-0.05, 0) is 12.8 Å². The minimum atomic E-state index is -0.861. The molecule has 2 aromatic heterocycles. The maximum absolute atomic E-state index is 12.3. The number of pyridine rings is 1. The summed E-state index contributed by atoms with van der Waals surface area (Å²) in [5.74, 6) is -0.885.